The quantitative estimate of drug-likeness (QED) is 0.822. The highest BCUT2D eigenvalue weighted by Crippen LogP contribution is 2.23. The molecule has 0 spiro atoms. The maximum Gasteiger partial charge on any atom is 0.246 e. The Hall–Kier alpha value is -1.53. The van der Waals surface area contributed by atoms with Crippen molar-refractivity contribution in [1.29, 1.82) is 0 Å². The predicted molar refractivity (Wildman–Crippen MR) is 65.4 cm³/mol. The van der Waals surface area contributed by atoms with E-state index in [9.17, 15) is 18.7 Å². The molecule has 1 unspecified atom stereocenters. The first kappa shape index (κ1) is 15.5. The molecule has 6 heteroatoms. The fourth-order valence-electron chi connectivity index (χ4n) is 1.54. The molecule has 1 amide bonds. The molecule has 19 heavy (non-hydrogen) atoms. The minimum absolute atomic E-state index is 0.0781. The van der Waals surface area contributed by atoms with Crippen LogP contribution in [0.4, 0.5) is 8.78 Å². The first-order valence-corrected chi connectivity index (χ1v) is 5.89. The van der Waals surface area contributed by atoms with E-state index in [0.717, 1.165) is 12.1 Å². The molecule has 0 bridgehead atoms. The van der Waals surface area contributed by atoms with E-state index < -0.39 is 23.1 Å². The number of halogens is 2. The van der Waals surface area contributed by atoms with Crippen molar-refractivity contribution in [3.05, 3.63) is 35.4 Å². The van der Waals surface area contributed by atoms with Crippen molar-refractivity contribution in [3.8, 4) is 0 Å². The minimum atomic E-state index is -1.63. The van der Waals surface area contributed by atoms with Crippen LogP contribution in [0.2, 0.25) is 0 Å². The van der Waals surface area contributed by atoms with Gasteiger partial charge in [0, 0.05) is 18.2 Å². The summed E-state index contributed by atoms with van der Waals surface area (Å²) in [6.07, 6.45) is 0. The van der Waals surface area contributed by atoms with E-state index in [2.05, 4.69) is 5.32 Å². The number of ether oxygens (including phenoxy) is 1. The summed E-state index contributed by atoms with van der Waals surface area (Å²) in [5.74, 6) is -1.99. The number of hydrogen-bond donors (Lipinski definition) is 2. The summed E-state index contributed by atoms with van der Waals surface area (Å²) in [6, 6.07) is 2.89. The molecule has 1 aromatic rings. The smallest absolute Gasteiger partial charge is 0.246 e. The lowest BCUT2D eigenvalue weighted by atomic mass is 9.95. The summed E-state index contributed by atoms with van der Waals surface area (Å²) in [7, 11) is 0. The Balaban J connectivity index is 2.67. The standard InChI is InChI=1S/C13H17F2NO3/c1-3-19-7-12(17)16-8-13(2,18)10-5-4-9(14)6-11(10)15/h4-6,18H,3,7-8H2,1-2H3,(H,16,17). The van der Waals surface area contributed by atoms with E-state index in [0.29, 0.717) is 12.7 Å². The van der Waals surface area contributed by atoms with E-state index in [1.807, 2.05) is 0 Å². The molecule has 0 aromatic heterocycles. The second kappa shape index (κ2) is 6.58. The second-order valence-corrected chi connectivity index (χ2v) is 4.31. The SMILES string of the molecule is CCOCC(=O)NCC(C)(O)c1ccc(F)cc1F. The molecule has 0 heterocycles. The average molecular weight is 273 g/mol. The number of carbonyl (C=O) groups excluding carboxylic acids is 1. The zero-order valence-corrected chi connectivity index (χ0v) is 10.9. The molecule has 106 valence electrons. The second-order valence-electron chi connectivity index (χ2n) is 4.31. The van der Waals surface area contributed by atoms with Gasteiger partial charge in [-0.1, -0.05) is 6.07 Å². The molecule has 2 N–H and O–H groups in total. The highest BCUT2D eigenvalue weighted by Gasteiger charge is 2.27. The molecule has 0 saturated heterocycles. The number of rotatable bonds is 6. The molecule has 1 rings (SSSR count). The predicted octanol–water partition coefficient (Wildman–Crippen LogP) is 1.32. The third-order valence-electron chi connectivity index (χ3n) is 2.58. The molecule has 0 saturated carbocycles. The topological polar surface area (TPSA) is 58.6 Å². The fourth-order valence-corrected chi connectivity index (χ4v) is 1.54. The van der Waals surface area contributed by atoms with Crippen LogP contribution in [0.25, 0.3) is 0 Å². The molecular weight excluding hydrogens is 256 g/mol. The van der Waals surface area contributed by atoms with Crippen LogP contribution in [-0.2, 0) is 15.1 Å². The maximum absolute atomic E-state index is 13.5. The van der Waals surface area contributed by atoms with Gasteiger partial charge in [0.15, 0.2) is 0 Å². The van der Waals surface area contributed by atoms with Crippen LogP contribution >= 0.6 is 0 Å². The van der Waals surface area contributed by atoms with Crippen LogP contribution in [0.15, 0.2) is 18.2 Å². The number of aliphatic hydroxyl groups is 1. The minimum Gasteiger partial charge on any atom is -0.383 e. The molecule has 1 aromatic carbocycles. The summed E-state index contributed by atoms with van der Waals surface area (Å²) in [4.78, 5) is 11.3. The molecule has 0 fully saturated rings. The van der Waals surface area contributed by atoms with Crippen LogP contribution in [0, 0.1) is 11.6 Å². The van der Waals surface area contributed by atoms with Crippen LogP contribution in [0.5, 0.6) is 0 Å². The van der Waals surface area contributed by atoms with Gasteiger partial charge in [0.1, 0.15) is 23.8 Å². The van der Waals surface area contributed by atoms with Gasteiger partial charge in [-0.15, -0.1) is 0 Å². The van der Waals surface area contributed by atoms with Crippen LogP contribution in [0.1, 0.15) is 19.4 Å². The summed E-state index contributed by atoms with van der Waals surface area (Å²) in [6.45, 7) is 3.16. The van der Waals surface area contributed by atoms with Crippen molar-refractivity contribution >= 4 is 5.91 Å². The lowest BCUT2D eigenvalue weighted by Crippen LogP contribution is -2.40. The van der Waals surface area contributed by atoms with Crippen LogP contribution in [0.3, 0.4) is 0 Å². The Kier molecular flexibility index (Phi) is 5.38. The van der Waals surface area contributed by atoms with Crippen molar-refractivity contribution in [2.75, 3.05) is 19.8 Å². The van der Waals surface area contributed by atoms with Gasteiger partial charge in [-0.2, -0.15) is 0 Å². The Labute approximate surface area is 110 Å². The first-order chi connectivity index (χ1) is 8.86. The monoisotopic (exact) mass is 273 g/mol. The Morgan fingerprint density at radius 1 is 1.47 bits per heavy atom. The highest BCUT2D eigenvalue weighted by molar-refractivity contribution is 5.77. The van der Waals surface area contributed by atoms with Gasteiger partial charge in [-0.05, 0) is 19.9 Å². The van der Waals surface area contributed by atoms with Gasteiger partial charge in [0.25, 0.3) is 0 Å². The molecule has 0 aliphatic rings. The first-order valence-electron chi connectivity index (χ1n) is 5.89. The number of hydrogen-bond acceptors (Lipinski definition) is 3. The summed E-state index contributed by atoms with van der Waals surface area (Å²) >= 11 is 0. The zero-order chi connectivity index (χ0) is 14.5. The van der Waals surface area contributed by atoms with Gasteiger partial charge in [0.05, 0.1) is 6.54 Å². The molecule has 1 atom stereocenters. The normalized spacial score (nSPS) is 13.9. The van der Waals surface area contributed by atoms with Gasteiger partial charge < -0.3 is 15.2 Å². The van der Waals surface area contributed by atoms with Crippen molar-refractivity contribution < 1.29 is 23.4 Å². The number of nitrogens with one attached hydrogen (secondary N) is 1. The third kappa shape index (κ3) is 4.57. The van der Waals surface area contributed by atoms with E-state index in [1.54, 1.807) is 6.92 Å². The highest BCUT2D eigenvalue weighted by atomic mass is 19.1. The molecule has 0 radical (unpaired) electrons. The number of benzene rings is 1. The van der Waals surface area contributed by atoms with Gasteiger partial charge in [-0.25, -0.2) is 8.78 Å². The maximum atomic E-state index is 13.5. The van der Waals surface area contributed by atoms with Crippen molar-refractivity contribution in [1.82, 2.24) is 5.32 Å². The lowest BCUT2D eigenvalue weighted by molar-refractivity contribution is -0.126. The summed E-state index contributed by atoms with van der Waals surface area (Å²) in [5.41, 5.74) is -1.70. The lowest BCUT2D eigenvalue weighted by Gasteiger charge is -2.24. The largest absolute Gasteiger partial charge is 0.383 e. The van der Waals surface area contributed by atoms with E-state index >= 15 is 0 Å². The van der Waals surface area contributed by atoms with Gasteiger partial charge >= 0.3 is 0 Å². The fraction of sp³-hybridized carbons (Fsp3) is 0.462. The average Bonchev–Trinajstić information content (AvgIpc) is 2.33. The zero-order valence-electron chi connectivity index (χ0n) is 10.9. The number of amides is 1. The molecular formula is C13H17F2NO3. The van der Waals surface area contributed by atoms with Crippen LogP contribution in [-0.4, -0.2) is 30.8 Å². The van der Waals surface area contributed by atoms with Gasteiger partial charge in [-0.3, -0.25) is 4.79 Å². The Morgan fingerprint density at radius 3 is 2.74 bits per heavy atom. The molecule has 4 nitrogen and oxygen atoms in total. The van der Waals surface area contributed by atoms with E-state index in [-0.39, 0.29) is 18.7 Å². The Bertz CT molecular complexity index is 450. The summed E-state index contributed by atoms with van der Waals surface area (Å²) in [5, 5.41) is 12.5. The number of carbonyl (C=O) groups is 1. The Morgan fingerprint density at radius 2 is 2.16 bits per heavy atom. The van der Waals surface area contributed by atoms with Crippen molar-refractivity contribution in [2.45, 2.75) is 19.4 Å². The van der Waals surface area contributed by atoms with E-state index in [4.69, 9.17) is 4.74 Å². The van der Waals surface area contributed by atoms with Gasteiger partial charge in [0.2, 0.25) is 5.91 Å². The summed E-state index contributed by atoms with van der Waals surface area (Å²) < 4.78 is 31.2. The van der Waals surface area contributed by atoms with Crippen molar-refractivity contribution in [2.24, 2.45) is 0 Å². The van der Waals surface area contributed by atoms with Crippen LogP contribution < -0.4 is 5.32 Å². The van der Waals surface area contributed by atoms with E-state index in [1.165, 1.54) is 6.92 Å². The molecule has 0 aliphatic heterocycles. The van der Waals surface area contributed by atoms with Crippen molar-refractivity contribution in [3.63, 3.8) is 0 Å². The third-order valence-corrected chi connectivity index (χ3v) is 2.58. The molecule has 0 aliphatic carbocycles.